The zero-order valence-corrected chi connectivity index (χ0v) is 11.9. The van der Waals surface area contributed by atoms with Crippen LogP contribution in [0.1, 0.15) is 13.3 Å². The Morgan fingerprint density at radius 2 is 2.19 bits per heavy atom. The molecule has 2 aromatic rings. The zero-order chi connectivity index (χ0) is 11.4. The number of benzene rings is 1. The molecule has 0 N–H and O–H groups in total. The maximum atomic E-state index is 3.59. The van der Waals surface area contributed by atoms with E-state index in [4.69, 9.17) is 0 Å². The van der Waals surface area contributed by atoms with Gasteiger partial charge >= 0.3 is 0 Å². The number of halogens is 1. The third-order valence-electron chi connectivity index (χ3n) is 2.65. The number of thioether (sulfide) groups is 1. The highest BCUT2D eigenvalue weighted by Crippen LogP contribution is 2.24. The van der Waals surface area contributed by atoms with Gasteiger partial charge in [-0.25, -0.2) is 0 Å². The molecule has 2 rings (SSSR count). The van der Waals surface area contributed by atoms with Crippen molar-refractivity contribution in [2.45, 2.75) is 19.9 Å². The second-order valence-corrected chi connectivity index (χ2v) is 5.98. The smallest absolute Gasteiger partial charge is 0.0491 e. The lowest BCUT2D eigenvalue weighted by Crippen LogP contribution is -1.97. The van der Waals surface area contributed by atoms with E-state index in [2.05, 4.69) is 57.9 Å². The first-order valence-corrected chi connectivity index (χ1v) is 7.59. The number of aromatic nitrogens is 1. The molecule has 1 aromatic carbocycles. The van der Waals surface area contributed by atoms with Crippen molar-refractivity contribution in [3.05, 3.63) is 34.9 Å². The molecule has 0 amide bonds. The number of nitrogens with zero attached hydrogens (tertiary/aromatic N) is 1. The van der Waals surface area contributed by atoms with Crippen LogP contribution in [0.4, 0.5) is 0 Å². The minimum absolute atomic E-state index is 1.12. The van der Waals surface area contributed by atoms with Crippen molar-refractivity contribution in [2.24, 2.45) is 0 Å². The zero-order valence-electron chi connectivity index (χ0n) is 9.45. The van der Waals surface area contributed by atoms with E-state index in [1.807, 2.05) is 11.8 Å². The lowest BCUT2D eigenvalue weighted by Gasteiger charge is -2.05. The second-order valence-electron chi connectivity index (χ2n) is 3.73. The van der Waals surface area contributed by atoms with Crippen molar-refractivity contribution >= 4 is 38.6 Å². The SMILES string of the molecule is CCSCCCn1ccc2c(Br)cccc21. The Bertz CT molecular complexity index is 464. The molecule has 0 atom stereocenters. The minimum Gasteiger partial charge on any atom is -0.347 e. The van der Waals surface area contributed by atoms with E-state index in [0.717, 1.165) is 6.54 Å². The van der Waals surface area contributed by atoms with Gasteiger partial charge in [-0.1, -0.05) is 28.9 Å². The first-order chi connectivity index (χ1) is 7.83. The molecule has 16 heavy (non-hydrogen) atoms. The molecular weight excluding hydrogens is 282 g/mol. The average molecular weight is 298 g/mol. The fraction of sp³-hybridized carbons (Fsp3) is 0.385. The highest BCUT2D eigenvalue weighted by atomic mass is 79.9. The molecule has 0 saturated carbocycles. The van der Waals surface area contributed by atoms with Crippen molar-refractivity contribution in [3.8, 4) is 0 Å². The molecule has 86 valence electrons. The van der Waals surface area contributed by atoms with Gasteiger partial charge in [0.15, 0.2) is 0 Å². The summed E-state index contributed by atoms with van der Waals surface area (Å²) in [6.45, 7) is 3.33. The summed E-state index contributed by atoms with van der Waals surface area (Å²) in [6, 6.07) is 8.57. The average Bonchev–Trinajstić information content (AvgIpc) is 2.70. The molecule has 0 radical (unpaired) electrons. The van der Waals surface area contributed by atoms with Gasteiger partial charge in [0, 0.05) is 28.1 Å². The molecule has 1 aromatic heterocycles. The molecule has 0 fully saturated rings. The standard InChI is InChI=1S/C13H16BrNS/c1-2-16-10-4-8-15-9-7-11-12(14)5-3-6-13(11)15/h3,5-7,9H,2,4,8,10H2,1H3. The Morgan fingerprint density at radius 3 is 3.00 bits per heavy atom. The summed E-state index contributed by atoms with van der Waals surface area (Å²) >= 11 is 5.60. The number of hydrogen-bond acceptors (Lipinski definition) is 1. The Labute approximate surface area is 109 Å². The van der Waals surface area contributed by atoms with Crippen LogP contribution in [0.2, 0.25) is 0 Å². The van der Waals surface area contributed by atoms with E-state index in [1.54, 1.807) is 0 Å². The van der Waals surface area contributed by atoms with Crippen LogP contribution in [-0.2, 0) is 6.54 Å². The number of hydrogen-bond donors (Lipinski definition) is 0. The van der Waals surface area contributed by atoms with Crippen molar-refractivity contribution in [2.75, 3.05) is 11.5 Å². The summed E-state index contributed by atoms with van der Waals surface area (Å²) in [4.78, 5) is 0. The molecule has 0 unspecified atom stereocenters. The van der Waals surface area contributed by atoms with E-state index in [-0.39, 0.29) is 0 Å². The second kappa shape index (κ2) is 5.78. The van der Waals surface area contributed by atoms with Gasteiger partial charge in [0.2, 0.25) is 0 Å². The lowest BCUT2D eigenvalue weighted by atomic mass is 10.2. The van der Waals surface area contributed by atoms with Gasteiger partial charge in [-0.15, -0.1) is 0 Å². The number of fused-ring (bicyclic) bond motifs is 1. The summed E-state index contributed by atoms with van der Waals surface area (Å²) < 4.78 is 3.53. The van der Waals surface area contributed by atoms with Crippen molar-refractivity contribution in [3.63, 3.8) is 0 Å². The molecule has 3 heteroatoms. The monoisotopic (exact) mass is 297 g/mol. The highest BCUT2D eigenvalue weighted by Gasteiger charge is 2.02. The highest BCUT2D eigenvalue weighted by molar-refractivity contribution is 9.10. The summed E-state index contributed by atoms with van der Waals surface area (Å²) in [7, 11) is 0. The molecule has 0 aliphatic heterocycles. The van der Waals surface area contributed by atoms with E-state index in [9.17, 15) is 0 Å². The quantitative estimate of drug-likeness (QED) is 0.733. The number of rotatable bonds is 5. The summed E-state index contributed by atoms with van der Waals surface area (Å²) in [5.74, 6) is 2.47. The first-order valence-electron chi connectivity index (χ1n) is 5.64. The van der Waals surface area contributed by atoms with Crippen LogP contribution in [-0.4, -0.2) is 16.1 Å². The molecule has 0 saturated heterocycles. The predicted octanol–water partition coefficient (Wildman–Crippen LogP) is 4.55. The van der Waals surface area contributed by atoms with Gasteiger partial charge in [-0.05, 0) is 36.1 Å². The molecule has 1 nitrogen and oxygen atoms in total. The lowest BCUT2D eigenvalue weighted by molar-refractivity contribution is 0.709. The molecule has 1 heterocycles. The largest absolute Gasteiger partial charge is 0.347 e. The molecular formula is C13H16BrNS. The normalized spacial score (nSPS) is 11.1. The maximum absolute atomic E-state index is 3.59. The first kappa shape index (κ1) is 12.1. The van der Waals surface area contributed by atoms with Crippen LogP contribution in [0.5, 0.6) is 0 Å². The van der Waals surface area contributed by atoms with Crippen molar-refractivity contribution < 1.29 is 0 Å². The Hall–Kier alpha value is -0.410. The van der Waals surface area contributed by atoms with Gasteiger partial charge in [-0.3, -0.25) is 0 Å². The van der Waals surface area contributed by atoms with E-state index < -0.39 is 0 Å². The number of aryl methyl sites for hydroxylation is 1. The van der Waals surface area contributed by atoms with Gasteiger partial charge in [0.05, 0.1) is 0 Å². The summed E-state index contributed by atoms with van der Waals surface area (Å²) in [5, 5.41) is 1.31. The molecule has 0 spiro atoms. The van der Waals surface area contributed by atoms with Crippen molar-refractivity contribution in [1.82, 2.24) is 4.57 Å². The van der Waals surface area contributed by atoms with Crippen LogP contribution in [0.25, 0.3) is 10.9 Å². The van der Waals surface area contributed by atoms with Crippen LogP contribution >= 0.6 is 27.7 Å². The van der Waals surface area contributed by atoms with Gasteiger partial charge in [0.25, 0.3) is 0 Å². The molecule has 0 bridgehead atoms. The third-order valence-corrected chi connectivity index (χ3v) is 4.33. The van der Waals surface area contributed by atoms with E-state index >= 15 is 0 Å². The Kier molecular flexibility index (Phi) is 4.36. The van der Waals surface area contributed by atoms with Crippen LogP contribution in [0, 0.1) is 0 Å². The van der Waals surface area contributed by atoms with Crippen LogP contribution in [0.15, 0.2) is 34.9 Å². The predicted molar refractivity (Wildman–Crippen MR) is 77.3 cm³/mol. The molecule has 0 aliphatic rings. The summed E-state index contributed by atoms with van der Waals surface area (Å²) in [5.41, 5.74) is 1.33. The topological polar surface area (TPSA) is 4.93 Å². The third kappa shape index (κ3) is 2.64. The van der Waals surface area contributed by atoms with Crippen LogP contribution in [0.3, 0.4) is 0 Å². The Morgan fingerprint density at radius 1 is 1.31 bits per heavy atom. The van der Waals surface area contributed by atoms with Gasteiger partial charge < -0.3 is 4.57 Å². The Balaban J connectivity index is 2.10. The fourth-order valence-corrected chi connectivity index (χ4v) is 2.97. The van der Waals surface area contributed by atoms with Gasteiger partial charge in [0.1, 0.15) is 0 Å². The fourth-order valence-electron chi connectivity index (χ4n) is 1.86. The van der Waals surface area contributed by atoms with Crippen molar-refractivity contribution in [1.29, 1.82) is 0 Å². The van der Waals surface area contributed by atoms with Crippen LogP contribution < -0.4 is 0 Å². The van der Waals surface area contributed by atoms with E-state index in [0.29, 0.717) is 0 Å². The van der Waals surface area contributed by atoms with Gasteiger partial charge in [-0.2, -0.15) is 11.8 Å². The summed E-state index contributed by atoms with van der Waals surface area (Å²) in [6.07, 6.45) is 3.43. The molecule has 0 aliphatic carbocycles. The maximum Gasteiger partial charge on any atom is 0.0491 e. The van der Waals surface area contributed by atoms with E-state index in [1.165, 1.54) is 33.3 Å². The minimum atomic E-state index is 1.12.